The minimum Gasteiger partial charge on any atom is -0.496 e. The third-order valence-corrected chi connectivity index (χ3v) is 4.02. The average Bonchev–Trinajstić information content (AvgIpc) is 2.44. The van der Waals surface area contributed by atoms with Gasteiger partial charge < -0.3 is 4.74 Å². The van der Waals surface area contributed by atoms with Crippen LogP contribution in [-0.2, 0) is 6.42 Å². The lowest BCUT2D eigenvalue weighted by molar-refractivity contribution is 0.405. The minimum absolute atomic E-state index is 0.0140. The van der Waals surface area contributed by atoms with Gasteiger partial charge in [0.2, 0.25) is 0 Å². The molecule has 0 bridgehead atoms. The molecule has 5 heteroatoms. The van der Waals surface area contributed by atoms with Crippen molar-refractivity contribution >= 4 is 31.9 Å². The van der Waals surface area contributed by atoms with Crippen molar-refractivity contribution in [1.82, 2.24) is 5.43 Å². The molecule has 1 unspecified atom stereocenters. The minimum atomic E-state index is 0.0140. The fourth-order valence-electron chi connectivity index (χ4n) is 2.14. The largest absolute Gasteiger partial charge is 0.496 e. The molecule has 0 saturated carbocycles. The number of methoxy groups -OCH3 is 1. The van der Waals surface area contributed by atoms with Crippen molar-refractivity contribution in [3.63, 3.8) is 0 Å². The van der Waals surface area contributed by atoms with E-state index in [0.717, 1.165) is 32.2 Å². The zero-order valence-electron chi connectivity index (χ0n) is 11.1. The van der Waals surface area contributed by atoms with Gasteiger partial charge in [0, 0.05) is 8.95 Å². The number of ether oxygens (including phenoxy) is 1. The van der Waals surface area contributed by atoms with E-state index in [4.69, 9.17) is 10.6 Å². The fraction of sp³-hybridized carbons (Fsp3) is 0.200. The Morgan fingerprint density at radius 1 is 1.15 bits per heavy atom. The molecule has 20 heavy (non-hydrogen) atoms. The van der Waals surface area contributed by atoms with Gasteiger partial charge in [0.1, 0.15) is 5.75 Å². The van der Waals surface area contributed by atoms with E-state index in [9.17, 15) is 0 Å². The standard InChI is InChI=1S/C15H16Br2N2O/c1-20-15-5-3-2-4-10(15)8-14(19-18)11-6-12(16)9-13(17)7-11/h2-7,9,14,19H,8,18H2,1H3. The third-order valence-electron chi connectivity index (χ3n) is 3.10. The summed E-state index contributed by atoms with van der Waals surface area (Å²) in [6, 6.07) is 14.1. The van der Waals surface area contributed by atoms with Crippen molar-refractivity contribution in [3.05, 3.63) is 62.5 Å². The summed E-state index contributed by atoms with van der Waals surface area (Å²) in [5, 5.41) is 0. The normalized spacial score (nSPS) is 12.2. The molecule has 0 amide bonds. The molecule has 0 heterocycles. The fourth-order valence-corrected chi connectivity index (χ4v) is 3.47. The smallest absolute Gasteiger partial charge is 0.122 e. The molecule has 2 aromatic carbocycles. The molecule has 0 aliphatic carbocycles. The number of hydrogen-bond donors (Lipinski definition) is 2. The molecule has 3 N–H and O–H groups in total. The highest BCUT2D eigenvalue weighted by molar-refractivity contribution is 9.11. The first kappa shape index (κ1) is 15.5. The second kappa shape index (κ2) is 7.22. The van der Waals surface area contributed by atoms with Gasteiger partial charge in [0.25, 0.3) is 0 Å². The number of nitrogens with two attached hydrogens (primary N) is 1. The second-order valence-corrected chi connectivity index (χ2v) is 6.27. The molecular formula is C15H16Br2N2O. The number of nitrogens with one attached hydrogen (secondary N) is 1. The molecule has 0 aliphatic heterocycles. The zero-order valence-corrected chi connectivity index (χ0v) is 14.2. The van der Waals surface area contributed by atoms with E-state index in [1.807, 2.05) is 24.3 Å². The Hall–Kier alpha value is -0.880. The van der Waals surface area contributed by atoms with Crippen LogP contribution in [-0.4, -0.2) is 7.11 Å². The van der Waals surface area contributed by atoms with Crippen LogP contribution in [0.15, 0.2) is 51.4 Å². The maximum atomic E-state index is 5.72. The van der Waals surface area contributed by atoms with Gasteiger partial charge in [-0.15, -0.1) is 0 Å². The summed E-state index contributed by atoms with van der Waals surface area (Å²) in [7, 11) is 1.68. The van der Waals surface area contributed by atoms with E-state index < -0.39 is 0 Å². The zero-order chi connectivity index (χ0) is 14.5. The summed E-state index contributed by atoms with van der Waals surface area (Å²) >= 11 is 7.00. The van der Waals surface area contributed by atoms with Crippen molar-refractivity contribution in [2.45, 2.75) is 12.5 Å². The molecule has 3 nitrogen and oxygen atoms in total. The Morgan fingerprint density at radius 3 is 2.40 bits per heavy atom. The molecule has 106 valence electrons. The molecule has 0 saturated heterocycles. The summed E-state index contributed by atoms with van der Waals surface area (Å²) in [6.45, 7) is 0. The van der Waals surface area contributed by atoms with Crippen molar-refractivity contribution < 1.29 is 4.74 Å². The average molecular weight is 400 g/mol. The van der Waals surface area contributed by atoms with E-state index in [1.165, 1.54) is 0 Å². The van der Waals surface area contributed by atoms with Crippen LogP contribution in [0.2, 0.25) is 0 Å². The molecule has 2 aromatic rings. The van der Waals surface area contributed by atoms with Gasteiger partial charge in [-0.3, -0.25) is 11.3 Å². The van der Waals surface area contributed by atoms with Gasteiger partial charge in [-0.05, 0) is 41.8 Å². The summed E-state index contributed by atoms with van der Waals surface area (Å²) in [5.74, 6) is 6.60. The van der Waals surface area contributed by atoms with Crippen LogP contribution in [0.5, 0.6) is 5.75 Å². The Kier molecular flexibility index (Phi) is 5.60. The van der Waals surface area contributed by atoms with Gasteiger partial charge in [0.15, 0.2) is 0 Å². The van der Waals surface area contributed by atoms with Crippen molar-refractivity contribution in [2.75, 3.05) is 7.11 Å². The highest BCUT2D eigenvalue weighted by Gasteiger charge is 2.14. The lowest BCUT2D eigenvalue weighted by atomic mass is 9.99. The first-order valence-corrected chi connectivity index (χ1v) is 7.76. The Bertz CT molecular complexity index is 570. The summed E-state index contributed by atoms with van der Waals surface area (Å²) in [6.07, 6.45) is 0.753. The summed E-state index contributed by atoms with van der Waals surface area (Å²) in [4.78, 5) is 0. The van der Waals surface area contributed by atoms with E-state index in [-0.39, 0.29) is 6.04 Å². The number of halogens is 2. The summed E-state index contributed by atoms with van der Waals surface area (Å²) in [5.41, 5.74) is 5.11. The topological polar surface area (TPSA) is 47.3 Å². The van der Waals surface area contributed by atoms with Crippen molar-refractivity contribution in [1.29, 1.82) is 0 Å². The Morgan fingerprint density at radius 2 is 1.80 bits per heavy atom. The lowest BCUT2D eigenvalue weighted by Crippen LogP contribution is -2.29. The van der Waals surface area contributed by atoms with Crippen molar-refractivity contribution in [2.24, 2.45) is 5.84 Å². The van der Waals surface area contributed by atoms with Gasteiger partial charge in [-0.1, -0.05) is 50.1 Å². The first-order chi connectivity index (χ1) is 9.63. The second-order valence-electron chi connectivity index (χ2n) is 4.44. The van der Waals surface area contributed by atoms with E-state index in [1.54, 1.807) is 7.11 Å². The van der Waals surface area contributed by atoms with Crippen LogP contribution in [0, 0.1) is 0 Å². The predicted molar refractivity (Wildman–Crippen MR) is 88.6 cm³/mol. The molecular weight excluding hydrogens is 384 g/mol. The van der Waals surface area contributed by atoms with Crippen molar-refractivity contribution in [3.8, 4) is 5.75 Å². The van der Waals surface area contributed by atoms with Crippen LogP contribution in [0.1, 0.15) is 17.2 Å². The first-order valence-electron chi connectivity index (χ1n) is 6.18. The highest BCUT2D eigenvalue weighted by Crippen LogP contribution is 2.28. The molecule has 0 aliphatic rings. The quantitative estimate of drug-likeness (QED) is 0.590. The Balaban J connectivity index is 2.28. The molecule has 0 aromatic heterocycles. The Labute approximate surface area is 135 Å². The van der Waals surface area contributed by atoms with Gasteiger partial charge in [-0.25, -0.2) is 0 Å². The number of rotatable bonds is 5. The van der Waals surface area contributed by atoms with Gasteiger partial charge in [-0.2, -0.15) is 0 Å². The molecule has 2 rings (SSSR count). The highest BCUT2D eigenvalue weighted by atomic mass is 79.9. The predicted octanol–water partition coefficient (Wildman–Crippen LogP) is 3.97. The maximum absolute atomic E-state index is 5.72. The van der Waals surface area contributed by atoms with E-state index >= 15 is 0 Å². The van der Waals surface area contributed by atoms with Crippen LogP contribution >= 0.6 is 31.9 Å². The van der Waals surface area contributed by atoms with Gasteiger partial charge in [0.05, 0.1) is 13.2 Å². The van der Waals surface area contributed by atoms with E-state index in [0.29, 0.717) is 0 Å². The maximum Gasteiger partial charge on any atom is 0.122 e. The lowest BCUT2D eigenvalue weighted by Gasteiger charge is -2.18. The van der Waals surface area contributed by atoms with Crippen LogP contribution in [0.25, 0.3) is 0 Å². The van der Waals surface area contributed by atoms with Crippen LogP contribution in [0.4, 0.5) is 0 Å². The van der Waals surface area contributed by atoms with E-state index in [2.05, 4.69) is 55.5 Å². The van der Waals surface area contributed by atoms with Crippen LogP contribution < -0.4 is 16.0 Å². The molecule has 0 spiro atoms. The number of hydrogen-bond acceptors (Lipinski definition) is 3. The van der Waals surface area contributed by atoms with Crippen LogP contribution in [0.3, 0.4) is 0 Å². The molecule has 0 fully saturated rings. The number of benzene rings is 2. The van der Waals surface area contributed by atoms with Gasteiger partial charge >= 0.3 is 0 Å². The number of para-hydroxylation sites is 1. The molecule has 0 radical (unpaired) electrons. The molecule has 1 atom stereocenters. The number of hydrazine groups is 1. The SMILES string of the molecule is COc1ccccc1CC(NN)c1cc(Br)cc(Br)c1. The summed E-state index contributed by atoms with van der Waals surface area (Å²) < 4.78 is 7.42. The monoisotopic (exact) mass is 398 g/mol. The third kappa shape index (κ3) is 3.82.